The molecule has 2 aliphatic heterocycles. The van der Waals surface area contributed by atoms with Crippen molar-refractivity contribution < 1.29 is 23.6 Å². The van der Waals surface area contributed by atoms with Gasteiger partial charge >= 0.3 is 6.09 Å². The SMILES string of the molecule is O=C1OC[C@@H]2C[C@@H](Oc3cc(F)cc([N+](=O)[O-])c3)CN12. The number of cyclic esters (lactones) is 1. The van der Waals surface area contributed by atoms with Gasteiger partial charge < -0.3 is 9.47 Å². The maximum Gasteiger partial charge on any atom is 0.410 e. The van der Waals surface area contributed by atoms with Crippen LogP contribution in [-0.2, 0) is 4.74 Å². The quantitative estimate of drug-likeness (QED) is 0.622. The summed E-state index contributed by atoms with van der Waals surface area (Å²) in [6.07, 6.45) is -0.128. The normalized spacial score (nSPS) is 24.4. The zero-order valence-corrected chi connectivity index (χ0v) is 10.3. The van der Waals surface area contributed by atoms with E-state index in [-0.39, 0.29) is 29.7 Å². The second-order valence-corrected chi connectivity index (χ2v) is 4.76. The number of ether oxygens (including phenoxy) is 2. The number of halogens is 1. The van der Waals surface area contributed by atoms with Gasteiger partial charge in [-0.3, -0.25) is 15.0 Å². The molecule has 3 rings (SSSR count). The molecule has 7 nitrogen and oxygen atoms in total. The van der Waals surface area contributed by atoms with E-state index in [1.54, 1.807) is 4.90 Å². The minimum Gasteiger partial charge on any atom is -0.488 e. The Balaban J connectivity index is 1.73. The average Bonchev–Trinajstić information content (AvgIpc) is 2.91. The van der Waals surface area contributed by atoms with Crippen molar-refractivity contribution >= 4 is 11.8 Å². The minimum atomic E-state index is -0.730. The van der Waals surface area contributed by atoms with E-state index in [0.717, 1.165) is 12.1 Å². The summed E-state index contributed by atoms with van der Waals surface area (Å²) >= 11 is 0. The van der Waals surface area contributed by atoms with Crippen LogP contribution in [0.25, 0.3) is 0 Å². The summed E-state index contributed by atoms with van der Waals surface area (Å²) < 4.78 is 23.7. The number of carbonyl (C=O) groups is 1. The van der Waals surface area contributed by atoms with Gasteiger partial charge in [0.05, 0.1) is 29.6 Å². The van der Waals surface area contributed by atoms with Crippen molar-refractivity contribution in [3.63, 3.8) is 0 Å². The maximum atomic E-state index is 13.3. The molecule has 0 N–H and O–H groups in total. The van der Waals surface area contributed by atoms with Crippen LogP contribution < -0.4 is 4.74 Å². The van der Waals surface area contributed by atoms with Gasteiger partial charge in [0.2, 0.25) is 0 Å². The predicted molar refractivity (Wildman–Crippen MR) is 63.9 cm³/mol. The largest absolute Gasteiger partial charge is 0.488 e. The number of fused-ring (bicyclic) bond motifs is 1. The van der Waals surface area contributed by atoms with E-state index < -0.39 is 10.7 Å². The van der Waals surface area contributed by atoms with Crippen molar-refractivity contribution in [2.24, 2.45) is 0 Å². The standard InChI is InChI=1S/C12H11FN2O5/c13-7-1-8(15(17)18)3-10(2-7)20-11-4-9-6-19-12(16)14(9)5-11/h1-3,9,11H,4-6H2/t9-,11+/m0/s1. The summed E-state index contributed by atoms with van der Waals surface area (Å²) in [7, 11) is 0. The first-order valence-corrected chi connectivity index (χ1v) is 6.08. The number of hydrogen-bond acceptors (Lipinski definition) is 5. The van der Waals surface area contributed by atoms with Crippen LogP contribution in [0.2, 0.25) is 0 Å². The van der Waals surface area contributed by atoms with Gasteiger partial charge in [-0.05, 0) is 0 Å². The van der Waals surface area contributed by atoms with Crippen molar-refractivity contribution in [2.45, 2.75) is 18.6 Å². The Morgan fingerprint density at radius 3 is 2.95 bits per heavy atom. The number of nitro benzene ring substituents is 1. The lowest BCUT2D eigenvalue weighted by molar-refractivity contribution is -0.385. The Kier molecular flexibility index (Phi) is 2.92. The second-order valence-electron chi connectivity index (χ2n) is 4.76. The van der Waals surface area contributed by atoms with E-state index in [9.17, 15) is 19.3 Å². The topological polar surface area (TPSA) is 81.9 Å². The predicted octanol–water partition coefficient (Wildman–Crippen LogP) is 1.71. The van der Waals surface area contributed by atoms with Crippen LogP contribution >= 0.6 is 0 Å². The highest BCUT2D eigenvalue weighted by Gasteiger charge is 2.42. The van der Waals surface area contributed by atoms with E-state index >= 15 is 0 Å². The molecule has 0 saturated carbocycles. The third-order valence-corrected chi connectivity index (χ3v) is 3.38. The molecule has 0 unspecified atom stereocenters. The molecular formula is C12H11FN2O5. The Morgan fingerprint density at radius 2 is 2.25 bits per heavy atom. The van der Waals surface area contributed by atoms with Gasteiger partial charge in [-0.1, -0.05) is 0 Å². The third kappa shape index (κ3) is 2.24. The number of benzene rings is 1. The van der Waals surface area contributed by atoms with Gasteiger partial charge in [0, 0.05) is 12.5 Å². The minimum absolute atomic E-state index is 0.0314. The molecule has 1 aromatic rings. The monoisotopic (exact) mass is 282 g/mol. The number of nitrogens with zero attached hydrogens (tertiary/aromatic N) is 2. The maximum absolute atomic E-state index is 13.3. The summed E-state index contributed by atoms with van der Waals surface area (Å²) in [5.41, 5.74) is -0.363. The van der Waals surface area contributed by atoms with Crippen LogP contribution in [-0.4, -0.2) is 41.2 Å². The number of nitro groups is 1. The van der Waals surface area contributed by atoms with Gasteiger partial charge in [-0.15, -0.1) is 0 Å². The van der Waals surface area contributed by atoms with E-state index in [2.05, 4.69) is 0 Å². The molecule has 2 aliphatic rings. The van der Waals surface area contributed by atoms with Gasteiger partial charge in [-0.25, -0.2) is 9.18 Å². The highest BCUT2D eigenvalue weighted by atomic mass is 19.1. The molecule has 20 heavy (non-hydrogen) atoms. The van der Waals surface area contributed by atoms with Gasteiger partial charge in [0.25, 0.3) is 5.69 Å². The molecule has 2 heterocycles. The lowest BCUT2D eigenvalue weighted by atomic mass is 10.2. The Hall–Kier alpha value is -2.38. The zero-order valence-electron chi connectivity index (χ0n) is 10.3. The molecule has 1 aromatic carbocycles. The molecule has 2 saturated heterocycles. The number of carbonyl (C=O) groups excluding carboxylic acids is 1. The molecule has 8 heteroatoms. The van der Waals surface area contributed by atoms with Crippen LogP contribution in [0.4, 0.5) is 14.9 Å². The molecule has 0 aliphatic carbocycles. The van der Waals surface area contributed by atoms with E-state index in [4.69, 9.17) is 9.47 Å². The van der Waals surface area contributed by atoms with Crippen LogP contribution in [0.5, 0.6) is 5.75 Å². The third-order valence-electron chi connectivity index (χ3n) is 3.38. The summed E-state index contributed by atoms with van der Waals surface area (Å²) in [5.74, 6) is -0.636. The molecule has 0 spiro atoms. The lowest BCUT2D eigenvalue weighted by Gasteiger charge is -2.14. The first-order chi connectivity index (χ1) is 9.52. The molecule has 1 amide bonds. The Bertz CT molecular complexity index is 579. The molecule has 0 bridgehead atoms. The molecule has 106 valence electrons. The Morgan fingerprint density at radius 1 is 1.45 bits per heavy atom. The fraction of sp³-hybridized carbons (Fsp3) is 0.417. The van der Waals surface area contributed by atoms with Crippen molar-refractivity contribution in [3.8, 4) is 5.75 Å². The highest BCUT2D eigenvalue weighted by Crippen LogP contribution is 2.29. The lowest BCUT2D eigenvalue weighted by Crippen LogP contribution is -2.29. The summed E-state index contributed by atoms with van der Waals surface area (Å²) in [6, 6.07) is 3.06. The second kappa shape index (κ2) is 4.62. The van der Waals surface area contributed by atoms with Crippen molar-refractivity contribution in [2.75, 3.05) is 13.2 Å². The number of rotatable bonds is 3. The van der Waals surface area contributed by atoms with Crippen LogP contribution in [0.15, 0.2) is 18.2 Å². The van der Waals surface area contributed by atoms with E-state index in [1.807, 2.05) is 0 Å². The number of amides is 1. The van der Waals surface area contributed by atoms with Crippen molar-refractivity contribution in [1.29, 1.82) is 0 Å². The van der Waals surface area contributed by atoms with Crippen molar-refractivity contribution in [1.82, 2.24) is 4.90 Å². The Labute approximate surface area is 113 Å². The van der Waals surface area contributed by atoms with Crippen LogP contribution in [0, 0.1) is 15.9 Å². The fourth-order valence-corrected chi connectivity index (χ4v) is 2.50. The smallest absolute Gasteiger partial charge is 0.410 e. The van der Waals surface area contributed by atoms with Gasteiger partial charge in [0.15, 0.2) is 0 Å². The van der Waals surface area contributed by atoms with Gasteiger partial charge in [-0.2, -0.15) is 0 Å². The van der Waals surface area contributed by atoms with Crippen LogP contribution in [0.3, 0.4) is 0 Å². The van der Waals surface area contributed by atoms with Crippen LogP contribution in [0.1, 0.15) is 6.42 Å². The molecule has 2 fully saturated rings. The zero-order chi connectivity index (χ0) is 14.3. The number of hydrogen-bond donors (Lipinski definition) is 0. The van der Waals surface area contributed by atoms with Gasteiger partial charge in [0.1, 0.15) is 24.3 Å². The summed E-state index contributed by atoms with van der Waals surface area (Å²) in [6.45, 7) is 0.663. The average molecular weight is 282 g/mol. The highest BCUT2D eigenvalue weighted by molar-refractivity contribution is 5.70. The van der Waals surface area contributed by atoms with Crippen molar-refractivity contribution in [3.05, 3.63) is 34.1 Å². The van der Waals surface area contributed by atoms with E-state index in [0.29, 0.717) is 19.6 Å². The fourth-order valence-electron chi connectivity index (χ4n) is 2.50. The van der Waals surface area contributed by atoms with E-state index in [1.165, 1.54) is 6.07 Å². The first-order valence-electron chi connectivity index (χ1n) is 6.08. The molecular weight excluding hydrogens is 271 g/mol. The first kappa shape index (κ1) is 12.6. The molecule has 0 radical (unpaired) electrons. The summed E-state index contributed by atoms with van der Waals surface area (Å²) in [5, 5.41) is 10.7. The summed E-state index contributed by atoms with van der Waals surface area (Å²) in [4.78, 5) is 22.9. The molecule has 0 aromatic heterocycles. The molecule has 2 atom stereocenters. The number of non-ortho nitro benzene ring substituents is 1.